The quantitative estimate of drug-likeness (QED) is 0.632. The van der Waals surface area contributed by atoms with Gasteiger partial charge >= 0.3 is 0 Å². The Morgan fingerprint density at radius 2 is 1.59 bits per heavy atom. The van der Waals surface area contributed by atoms with Crippen LogP contribution >= 0.6 is 0 Å². The average molecular weight is 367 g/mol. The van der Waals surface area contributed by atoms with Crippen molar-refractivity contribution in [2.24, 2.45) is 17.3 Å². The maximum atomic E-state index is 10.9. The summed E-state index contributed by atoms with van der Waals surface area (Å²) in [7, 11) is 0. The third kappa shape index (κ3) is 8.48. The van der Waals surface area contributed by atoms with Crippen LogP contribution in [0.15, 0.2) is 42.0 Å². The van der Waals surface area contributed by atoms with Crippen molar-refractivity contribution < 1.29 is 6.22 Å². The lowest BCUT2D eigenvalue weighted by Crippen LogP contribution is -2.34. The second-order valence-corrected chi connectivity index (χ2v) is 8.82. The summed E-state index contributed by atoms with van der Waals surface area (Å²) in [5.74, 6) is 7.73. The van der Waals surface area contributed by atoms with Crippen LogP contribution in [0.25, 0.3) is 0 Å². The molecule has 1 fully saturated rings. The predicted octanol–water partition coefficient (Wildman–Crippen LogP) is 5.73. The van der Waals surface area contributed by atoms with Gasteiger partial charge in [0.25, 0.3) is 0 Å². The van der Waals surface area contributed by atoms with Crippen molar-refractivity contribution in [2.45, 2.75) is 66.3 Å². The molecule has 2 nitrogen and oxygen atoms in total. The van der Waals surface area contributed by atoms with Gasteiger partial charge in [-0.1, -0.05) is 80.2 Å². The number of carbonyl (C=O) groups excluding carboxylic acids is 1. The van der Waals surface area contributed by atoms with E-state index >= 15 is 0 Å². The van der Waals surface area contributed by atoms with Crippen molar-refractivity contribution in [2.75, 3.05) is 0 Å². The predicted molar refractivity (Wildman–Crippen MR) is 116 cm³/mol. The zero-order valence-electron chi connectivity index (χ0n) is 17.5. The first-order chi connectivity index (χ1) is 12.7. The maximum absolute atomic E-state index is 10.9. The summed E-state index contributed by atoms with van der Waals surface area (Å²) in [5.41, 5.74) is 3.23. The molecule has 1 unspecified atom stereocenters. The fourth-order valence-electron chi connectivity index (χ4n) is 3.40. The van der Waals surface area contributed by atoms with Gasteiger partial charge in [0, 0.05) is 32.6 Å². The molecule has 1 N–H and O–H groups in total. The fraction of sp³-hybridized carbons (Fsp3) is 0.520. The van der Waals surface area contributed by atoms with E-state index in [9.17, 15) is 4.79 Å². The number of fused-ring (bicyclic) bond motifs is 3. The van der Waals surface area contributed by atoms with Crippen LogP contribution in [-0.2, 0) is 4.79 Å². The van der Waals surface area contributed by atoms with Gasteiger partial charge in [0.15, 0.2) is 0 Å². The van der Waals surface area contributed by atoms with Gasteiger partial charge in [0.2, 0.25) is 5.91 Å². The van der Waals surface area contributed by atoms with E-state index in [1.165, 1.54) is 24.0 Å². The molecule has 0 heterocycles. The minimum absolute atomic E-state index is 0. The zero-order valence-corrected chi connectivity index (χ0v) is 17.5. The minimum Gasteiger partial charge on any atom is -0.354 e. The number of hydrogen-bond acceptors (Lipinski definition) is 1. The van der Waals surface area contributed by atoms with Crippen LogP contribution < -0.4 is 5.32 Å². The Morgan fingerprint density at radius 3 is 1.85 bits per heavy atom. The largest absolute Gasteiger partial charge is 0.354 e. The molecule has 2 heteroatoms. The standard InChI is InChI=1S/C11H15NO.C7H11.C7H8.H2/c1-8(13)12-11-6-9-2-3-10(7-11)5-4-9;1-7(2,3)6-4-5-6;1-7-5-3-2-4-6-7;/h9-11H,2-3,6-7H2,1H3,(H,12,13);4-5H,1-3H3;2-6H,1H3;1H/t9-,10+,11?;;;. The molecule has 1 radical (unpaired) electrons. The Bertz CT molecular complexity index is 688. The van der Waals surface area contributed by atoms with E-state index in [-0.39, 0.29) is 7.33 Å². The molecule has 1 aromatic carbocycles. The van der Waals surface area contributed by atoms with E-state index in [0.29, 0.717) is 23.3 Å². The second kappa shape index (κ2) is 9.79. The Morgan fingerprint density at radius 1 is 1.07 bits per heavy atom. The number of aryl methyl sites for hydroxylation is 1. The third-order valence-electron chi connectivity index (χ3n) is 5.04. The van der Waals surface area contributed by atoms with Crippen LogP contribution in [-0.4, -0.2) is 11.9 Å². The molecule has 147 valence electrons. The highest BCUT2D eigenvalue weighted by atomic mass is 16.1. The lowest BCUT2D eigenvalue weighted by Gasteiger charge is -2.16. The van der Waals surface area contributed by atoms with Gasteiger partial charge in [0.05, 0.1) is 0 Å². The normalized spacial score (nSPS) is 24.5. The first-order valence-corrected chi connectivity index (χ1v) is 10.1. The minimum atomic E-state index is 0. The van der Waals surface area contributed by atoms with Crippen LogP contribution in [0, 0.1) is 42.4 Å². The van der Waals surface area contributed by atoms with Gasteiger partial charge in [-0.3, -0.25) is 4.79 Å². The SMILES string of the molecule is CC(=O)NC1C[C@@H]2C#C[C@@H](CC2)C1.CC(C)(C)C1=C[CH]1.Cc1ccccc1.[HH]. The van der Waals surface area contributed by atoms with Crippen LogP contribution in [0.2, 0.25) is 0 Å². The molecule has 1 aromatic rings. The molecule has 0 aromatic heterocycles. The summed E-state index contributed by atoms with van der Waals surface area (Å²) in [6.45, 7) is 10.3. The van der Waals surface area contributed by atoms with Crippen molar-refractivity contribution in [3.8, 4) is 11.8 Å². The highest BCUT2D eigenvalue weighted by Gasteiger charge is 2.27. The smallest absolute Gasteiger partial charge is 0.217 e. The number of hydrogen-bond donors (Lipinski definition) is 1. The van der Waals surface area contributed by atoms with Gasteiger partial charge in [0.1, 0.15) is 0 Å². The Labute approximate surface area is 167 Å². The molecule has 0 aliphatic heterocycles. The van der Waals surface area contributed by atoms with E-state index in [0.717, 1.165) is 12.8 Å². The molecular weight excluding hydrogens is 330 g/mol. The maximum Gasteiger partial charge on any atom is 0.217 e. The molecule has 4 aliphatic carbocycles. The van der Waals surface area contributed by atoms with Crippen LogP contribution in [0.5, 0.6) is 0 Å². The van der Waals surface area contributed by atoms with E-state index < -0.39 is 0 Å². The van der Waals surface area contributed by atoms with Gasteiger partial charge in [-0.25, -0.2) is 0 Å². The summed E-state index contributed by atoms with van der Waals surface area (Å²) in [5, 5.41) is 3.00. The van der Waals surface area contributed by atoms with Crippen molar-refractivity contribution in [3.05, 3.63) is 54.0 Å². The summed E-state index contributed by atoms with van der Waals surface area (Å²) < 4.78 is 0. The number of allylic oxidation sites excluding steroid dienone is 2. The summed E-state index contributed by atoms with van der Waals surface area (Å²) in [6.07, 6.45) is 8.91. The molecular formula is C25H36NO. The van der Waals surface area contributed by atoms with Crippen LogP contribution in [0.4, 0.5) is 0 Å². The molecule has 1 amide bonds. The Hall–Kier alpha value is -2.01. The molecule has 0 saturated heterocycles. The first-order valence-electron chi connectivity index (χ1n) is 10.1. The van der Waals surface area contributed by atoms with Gasteiger partial charge in [-0.2, -0.15) is 0 Å². The van der Waals surface area contributed by atoms with Crippen LogP contribution in [0.3, 0.4) is 0 Å². The van der Waals surface area contributed by atoms with Crippen molar-refractivity contribution in [1.82, 2.24) is 5.32 Å². The van der Waals surface area contributed by atoms with Crippen LogP contribution in [0.1, 0.15) is 60.4 Å². The number of nitrogens with one attached hydrogen (secondary N) is 1. The molecule has 27 heavy (non-hydrogen) atoms. The molecule has 0 spiro atoms. The van der Waals surface area contributed by atoms with Crippen molar-refractivity contribution >= 4 is 5.91 Å². The second-order valence-electron chi connectivity index (χ2n) is 8.82. The zero-order chi connectivity index (χ0) is 19.9. The Kier molecular flexibility index (Phi) is 7.72. The molecule has 3 atom stereocenters. The molecule has 2 bridgehead atoms. The average Bonchev–Trinajstić information content (AvgIpc) is 3.44. The number of rotatable bonds is 1. The third-order valence-corrected chi connectivity index (χ3v) is 5.04. The fourth-order valence-corrected chi connectivity index (χ4v) is 3.40. The van der Waals surface area contributed by atoms with Gasteiger partial charge < -0.3 is 5.32 Å². The van der Waals surface area contributed by atoms with Crippen molar-refractivity contribution in [3.63, 3.8) is 0 Å². The van der Waals surface area contributed by atoms with Crippen molar-refractivity contribution in [1.29, 1.82) is 0 Å². The molecule has 4 aliphatic rings. The van der Waals surface area contributed by atoms with E-state index in [1.807, 2.05) is 18.2 Å². The number of carbonyl (C=O) groups is 1. The van der Waals surface area contributed by atoms with Gasteiger partial charge in [-0.15, -0.1) is 0 Å². The summed E-state index contributed by atoms with van der Waals surface area (Å²) in [4.78, 5) is 10.9. The number of amides is 1. The highest BCUT2D eigenvalue weighted by Crippen LogP contribution is 2.36. The molecule has 5 rings (SSSR count). The van der Waals surface area contributed by atoms with E-state index in [2.05, 4.69) is 69.5 Å². The Balaban J connectivity index is 0.000000224. The van der Waals surface area contributed by atoms with Gasteiger partial charge in [-0.05, 0) is 38.0 Å². The lowest BCUT2D eigenvalue weighted by atomic mass is 9.93. The monoisotopic (exact) mass is 366 g/mol. The highest BCUT2D eigenvalue weighted by molar-refractivity contribution is 5.73. The van der Waals surface area contributed by atoms with E-state index in [1.54, 1.807) is 6.92 Å². The lowest BCUT2D eigenvalue weighted by molar-refractivity contribution is -0.119. The number of benzene rings is 1. The van der Waals surface area contributed by atoms with E-state index in [4.69, 9.17) is 0 Å². The topological polar surface area (TPSA) is 29.1 Å². The summed E-state index contributed by atoms with van der Waals surface area (Å²) in [6, 6.07) is 10.6. The first kappa shape index (κ1) is 21.3. The summed E-state index contributed by atoms with van der Waals surface area (Å²) >= 11 is 0. The molecule has 1 saturated carbocycles.